The molecule has 0 radical (unpaired) electrons. The van der Waals surface area contributed by atoms with Crippen molar-refractivity contribution in [2.75, 3.05) is 0 Å². The molecule has 2 aromatic rings. The third-order valence-corrected chi connectivity index (χ3v) is 7.47. The maximum Gasteiger partial charge on any atom is 0.137 e. The van der Waals surface area contributed by atoms with Gasteiger partial charge in [0.2, 0.25) is 0 Å². The van der Waals surface area contributed by atoms with E-state index in [1.165, 1.54) is 6.33 Å². The molecule has 0 fully saturated rings. The highest BCUT2D eigenvalue weighted by Crippen LogP contribution is 2.44. The van der Waals surface area contributed by atoms with Gasteiger partial charge in [-0.25, -0.2) is 9.67 Å². The van der Waals surface area contributed by atoms with E-state index >= 15 is 0 Å². The van der Waals surface area contributed by atoms with Crippen LogP contribution in [0.2, 0.25) is 30.2 Å². The molecule has 0 aliphatic rings. The van der Waals surface area contributed by atoms with Crippen LogP contribution in [0.5, 0.6) is 0 Å². The van der Waals surface area contributed by atoms with E-state index in [1.807, 2.05) is 24.3 Å². The van der Waals surface area contributed by atoms with Gasteiger partial charge in [-0.1, -0.05) is 56.7 Å². The largest absolute Gasteiger partial charge is 0.383 e. The SMILES string of the molecule is CCC(C(O)(Cn1cncn1)c1ccc(Cl)cc1)[Si](C)(C)C. The molecular weight excluding hydrogens is 314 g/mol. The summed E-state index contributed by atoms with van der Waals surface area (Å²) < 4.78 is 1.71. The number of benzene rings is 1. The summed E-state index contributed by atoms with van der Waals surface area (Å²) in [5, 5.41) is 16.5. The van der Waals surface area contributed by atoms with Gasteiger partial charge in [0.05, 0.1) is 14.6 Å². The number of halogens is 1. The van der Waals surface area contributed by atoms with Crippen molar-refractivity contribution < 1.29 is 5.11 Å². The molecular formula is C16H24ClN3OSi. The second kappa shape index (κ2) is 6.52. The van der Waals surface area contributed by atoms with Gasteiger partial charge in [-0.2, -0.15) is 5.10 Å². The lowest BCUT2D eigenvalue weighted by Gasteiger charge is -2.42. The minimum Gasteiger partial charge on any atom is -0.383 e. The maximum atomic E-state index is 11.6. The Morgan fingerprint density at radius 2 is 1.91 bits per heavy atom. The monoisotopic (exact) mass is 337 g/mol. The summed E-state index contributed by atoms with van der Waals surface area (Å²) in [5.74, 6) is 0. The Balaban J connectivity index is 2.49. The molecule has 0 spiro atoms. The fourth-order valence-corrected chi connectivity index (χ4v) is 6.41. The number of aliphatic hydroxyl groups is 1. The molecule has 0 aliphatic carbocycles. The minimum absolute atomic E-state index is 0.199. The molecule has 120 valence electrons. The summed E-state index contributed by atoms with van der Waals surface area (Å²) in [5.41, 5.74) is 0.115. The van der Waals surface area contributed by atoms with Crippen molar-refractivity contribution in [2.45, 2.75) is 50.7 Å². The Bertz CT molecular complexity index is 595. The number of rotatable bonds is 6. The Kier molecular flexibility index (Phi) is 5.09. The first kappa shape index (κ1) is 17.2. The highest BCUT2D eigenvalue weighted by atomic mass is 35.5. The van der Waals surface area contributed by atoms with Crippen LogP contribution in [0.15, 0.2) is 36.9 Å². The standard InChI is InChI=1S/C16H24ClN3OSi/c1-5-15(22(2,3)4)16(21,10-20-12-18-11-19-20)13-6-8-14(17)9-7-13/h6-9,11-12,15,21H,5,10H2,1-4H3. The van der Waals surface area contributed by atoms with Gasteiger partial charge >= 0.3 is 0 Å². The lowest BCUT2D eigenvalue weighted by molar-refractivity contribution is 0.00367. The van der Waals surface area contributed by atoms with Gasteiger partial charge in [0.15, 0.2) is 0 Å². The first-order valence-electron chi connectivity index (χ1n) is 7.58. The third-order valence-electron chi connectivity index (χ3n) is 4.24. The molecule has 2 unspecified atom stereocenters. The van der Waals surface area contributed by atoms with Crippen molar-refractivity contribution >= 4 is 19.7 Å². The van der Waals surface area contributed by atoms with Gasteiger partial charge < -0.3 is 5.11 Å². The molecule has 2 atom stereocenters. The van der Waals surface area contributed by atoms with E-state index in [0.29, 0.717) is 11.6 Å². The fourth-order valence-electron chi connectivity index (χ4n) is 3.37. The van der Waals surface area contributed by atoms with Crippen LogP contribution in [0.1, 0.15) is 18.9 Å². The van der Waals surface area contributed by atoms with Crippen LogP contribution >= 0.6 is 11.6 Å². The molecule has 22 heavy (non-hydrogen) atoms. The Hall–Kier alpha value is -1.17. The normalized spacial score (nSPS) is 16.3. The summed E-state index contributed by atoms with van der Waals surface area (Å²) in [4.78, 5) is 3.99. The first-order chi connectivity index (χ1) is 10.3. The number of hydrogen-bond donors (Lipinski definition) is 1. The zero-order valence-electron chi connectivity index (χ0n) is 13.6. The molecule has 2 rings (SSSR count). The quantitative estimate of drug-likeness (QED) is 0.812. The fraction of sp³-hybridized carbons (Fsp3) is 0.500. The topological polar surface area (TPSA) is 50.9 Å². The van der Waals surface area contributed by atoms with Crippen LogP contribution in [-0.4, -0.2) is 27.9 Å². The molecule has 0 saturated heterocycles. The van der Waals surface area contributed by atoms with E-state index in [2.05, 4.69) is 36.6 Å². The highest BCUT2D eigenvalue weighted by Gasteiger charge is 2.45. The molecule has 0 aliphatic heterocycles. The van der Waals surface area contributed by atoms with Gasteiger partial charge in [0.25, 0.3) is 0 Å². The second-order valence-electron chi connectivity index (χ2n) is 6.85. The zero-order valence-corrected chi connectivity index (χ0v) is 15.4. The molecule has 6 heteroatoms. The van der Waals surface area contributed by atoms with Crippen LogP contribution < -0.4 is 0 Å². The molecule has 1 aromatic carbocycles. The van der Waals surface area contributed by atoms with E-state index in [9.17, 15) is 5.11 Å². The van der Waals surface area contributed by atoms with Crippen molar-refractivity contribution in [1.29, 1.82) is 0 Å². The number of aromatic nitrogens is 3. The highest BCUT2D eigenvalue weighted by molar-refractivity contribution is 6.77. The Morgan fingerprint density at radius 1 is 1.27 bits per heavy atom. The van der Waals surface area contributed by atoms with Crippen LogP contribution in [0, 0.1) is 0 Å². The average molecular weight is 338 g/mol. The minimum atomic E-state index is -1.60. The van der Waals surface area contributed by atoms with E-state index in [1.54, 1.807) is 11.0 Å². The van der Waals surface area contributed by atoms with Crippen LogP contribution in [0.25, 0.3) is 0 Å². The van der Waals surface area contributed by atoms with E-state index < -0.39 is 13.7 Å². The predicted octanol–water partition coefficient (Wildman–Crippen LogP) is 3.94. The smallest absolute Gasteiger partial charge is 0.137 e. The van der Waals surface area contributed by atoms with Gasteiger partial charge in [-0.3, -0.25) is 0 Å². The Labute approximate surface area is 138 Å². The van der Waals surface area contributed by atoms with Crippen molar-refractivity contribution in [3.05, 3.63) is 47.5 Å². The van der Waals surface area contributed by atoms with Gasteiger partial charge in [-0.15, -0.1) is 0 Å². The van der Waals surface area contributed by atoms with Crippen molar-refractivity contribution in [3.63, 3.8) is 0 Å². The summed E-state index contributed by atoms with van der Waals surface area (Å²) in [7, 11) is -1.60. The molecule has 1 heterocycles. The van der Waals surface area contributed by atoms with E-state index in [-0.39, 0.29) is 5.54 Å². The summed E-state index contributed by atoms with van der Waals surface area (Å²) >= 11 is 6.01. The van der Waals surface area contributed by atoms with Crippen molar-refractivity contribution in [1.82, 2.24) is 14.8 Å². The first-order valence-corrected chi connectivity index (χ1v) is 11.5. The third kappa shape index (κ3) is 3.59. The molecule has 0 bridgehead atoms. The van der Waals surface area contributed by atoms with Gasteiger partial charge in [0, 0.05) is 5.02 Å². The molecule has 4 nitrogen and oxygen atoms in total. The average Bonchev–Trinajstić information content (AvgIpc) is 2.91. The molecule has 1 N–H and O–H groups in total. The van der Waals surface area contributed by atoms with Crippen molar-refractivity contribution in [2.24, 2.45) is 0 Å². The van der Waals surface area contributed by atoms with E-state index in [4.69, 9.17) is 11.6 Å². The van der Waals surface area contributed by atoms with Crippen LogP contribution in [-0.2, 0) is 12.1 Å². The van der Waals surface area contributed by atoms with Gasteiger partial charge in [-0.05, 0) is 23.2 Å². The second-order valence-corrected chi connectivity index (χ2v) is 12.7. The van der Waals surface area contributed by atoms with E-state index in [0.717, 1.165) is 12.0 Å². The van der Waals surface area contributed by atoms with Crippen LogP contribution in [0.3, 0.4) is 0 Å². The lowest BCUT2D eigenvalue weighted by atomic mass is 9.88. The number of nitrogens with zero attached hydrogens (tertiary/aromatic N) is 3. The summed E-state index contributed by atoms with van der Waals surface area (Å²) in [6.45, 7) is 9.43. The van der Waals surface area contributed by atoms with Gasteiger partial charge in [0.1, 0.15) is 18.3 Å². The number of hydrogen-bond acceptors (Lipinski definition) is 3. The predicted molar refractivity (Wildman–Crippen MR) is 92.8 cm³/mol. The van der Waals surface area contributed by atoms with Crippen LogP contribution in [0.4, 0.5) is 0 Å². The zero-order chi connectivity index (χ0) is 16.4. The summed E-state index contributed by atoms with van der Waals surface area (Å²) in [6.07, 6.45) is 4.07. The van der Waals surface area contributed by atoms with Crippen molar-refractivity contribution in [3.8, 4) is 0 Å². The lowest BCUT2D eigenvalue weighted by Crippen LogP contribution is -2.46. The summed E-state index contributed by atoms with van der Waals surface area (Å²) in [6, 6.07) is 7.50. The molecule has 1 aromatic heterocycles. The molecule has 0 amide bonds. The Morgan fingerprint density at radius 3 is 2.36 bits per heavy atom. The maximum absolute atomic E-state index is 11.6. The molecule has 0 saturated carbocycles.